The van der Waals surface area contributed by atoms with Gasteiger partial charge >= 0.3 is 0 Å². The van der Waals surface area contributed by atoms with Crippen molar-refractivity contribution in [3.8, 4) is 0 Å². The number of nitrogens with zero attached hydrogens (tertiary/aromatic N) is 1. The lowest BCUT2D eigenvalue weighted by Gasteiger charge is -2.18. The molecule has 0 bridgehead atoms. The fourth-order valence-electron chi connectivity index (χ4n) is 1.72. The molecule has 3 nitrogen and oxygen atoms in total. The summed E-state index contributed by atoms with van der Waals surface area (Å²) in [7, 11) is 0. The van der Waals surface area contributed by atoms with Crippen LogP contribution in [0.4, 0.5) is 5.69 Å². The Bertz CT molecular complexity index is 615. The Morgan fingerprint density at radius 3 is 2.40 bits per heavy atom. The number of pyridine rings is 1. The minimum atomic E-state index is -0.112. The van der Waals surface area contributed by atoms with Crippen molar-refractivity contribution >= 4 is 34.2 Å². The molecule has 0 unspecified atom stereocenters. The summed E-state index contributed by atoms with van der Waals surface area (Å²) in [6, 6.07) is 11.3. The smallest absolute Gasteiger partial charge is 0.255 e. The number of anilines is 1. The first-order valence-corrected chi connectivity index (χ1v) is 7.47. The summed E-state index contributed by atoms with van der Waals surface area (Å²) in [5.41, 5.74) is 2.26. The molecule has 0 radical (unpaired) electrons. The molecule has 4 heteroatoms. The highest BCUT2D eigenvalue weighted by Crippen LogP contribution is 2.21. The molecule has 0 saturated heterocycles. The predicted octanol–water partition coefficient (Wildman–Crippen LogP) is 4.24. The van der Waals surface area contributed by atoms with Gasteiger partial charge in [-0.25, -0.2) is 0 Å². The number of carbonyl (C=O) groups excluding carboxylic acids is 1. The van der Waals surface area contributed by atoms with Gasteiger partial charge in [-0.3, -0.25) is 9.78 Å². The van der Waals surface area contributed by atoms with Crippen molar-refractivity contribution in [3.05, 3.63) is 57.4 Å². The van der Waals surface area contributed by atoms with E-state index in [0.717, 1.165) is 15.0 Å². The SMILES string of the molecule is CC(C)(C)c1cc(C(=O)Nc2ccc(I)cc2)ccn1. The molecule has 0 aliphatic rings. The fraction of sp³-hybridized carbons (Fsp3) is 0.250. The molecule has 0 fully saturated rings. The van der Waals surface area contributed by atoms with Crippen LogP contribution in [0.1, 0.15) is 36.8 Å². The van der Waals surface area contributed by atoms with Crippen LogP contribution in [0, 0.1) is 3.57 Å². The Hall–Kier alpha value is -1.43. The van der Waals surface area contributed by atoms with Gasteiger partial charge in [0.2, 0.25) is 0 Å². The number of hydrogen-bond acceptors (Lipinski definition) is 2. The van der Waals surface area contributed by atoms with E-state index in [1.807, 2.05) is 30.3 Å². The van der Waals surface area contributed by atoms with Gasteiger partial charge in [-0.15, -0.1) is 0 Å². The zero-order valence-corrected chi connectivity index (χ0v) is 13.9. The Balaban J connectivity index is 2.19. The van der Waals surface area contributed by atoms with E-state index in [0.29, 0.717) is 5.56 Å². The van der Waals surface area contributed by atoms with Gasteiger partial charge in [0.25, 0.3) is 5.91 Å². The van der Waals surface area contributed by atoms with Crippen molar-refractivity contribution in [1.82, 2.24) is 4.98 Å². The third-order valence-corrected chi connectivity index (χ3v) is 3.61. The summed E-state index contributed by atoms with van der Waals surface area (Å²) in [5, 5.41) is 2.89. The van der Waals surface area contributed by atoms with Gasteiger partial charge in [0, 0.05) is 32.1 Å². The summed E-state index contributed by atoms with van der Waals surface area (Å²) >= 11 is 2.23. The third-order valence-electron chi connectivity index (χ3n) is 2.89. The van der Waals surface area contributed by atoms with Gasteiger partial charge in [-0.2, -0.15) is 0 Å². The Kier molecular flexibility index (Phi) is 4.42. The number of benzene rings is 1. The van der Waals surface area contributed by atoms with Gasteiger partial charge in [0.1, 0.15) is 0 Å². The summed E-state index contributed by atoms with van der Waals surface area (Å²) in [5.74, 6) is -0.112. The highest BCUT2D eigenvalue weighted by atomic mass is 127. The van der Waals surface area contributed by atoms with Crippen LogP contribution < -0.4 is 5.32 Å². The maximum absolute atomic E-state index is 12.2. The normalized spacial score (nSPS) is 11.2. The lowest BCUT2D eigenvalue weighted by atomic mass is 9.91. The fourth-order valence-corrected chi connectivity index (χ4v) is 2.08. The minimum Gasteiger partial charge on any atom is -0.322 e. The van der Waals surface area contributed by atoms with Crippen LogP contribution in [0.15, 0.2) is 42.6 Å². The van der Waals surface area contributed by atoms with Crippen LogP contribution in [0.5, 0.6) is 0 Å². The maximum atomic E-state index is 12.2. The van der Waals surface area contributed by atoms with Crippen molar-refractivity contribution < 1.29 is 4.79 Å². The quantitative estimate of drug-likeness (QED) is 0.793. The van der Waals surface area contributed by atoms with Crippen LogP contribution in [0.2, 0.25) is 0 Å². The number of hydrogen-bond donors (Lipinski definition) is 1. The van der Waals surface area contributed by atoms with Crippen molar-refractivity contribution in [2.75, 3.05) is 5.32 Å². The molecular weight excluding hydrogens is 363 g/mol. The minimum absolute atomic E-state index is 0.0703. The predicted molar refractivity (Wildman–Crippen MR) is 90.0 cm³/mol. The molecule has 104 valence electrons. The average molecular weight is 380 g/mol. The van der Waals surface area contributed by atoms with E-state index in [2.05, 4.69) is 53.7 Å². The first kappa shape index (κ1) is 15.0. The van der Waals surface area contributed by atoms with Crippen LogP contribution in [0.25, 0.3) is 0 Å². The molecule has 1 aromatic heterocycles. The van der Waals surface area contributed by atoms with E-state index < -0.39 is 0 Å². The molecule has 2 rings (SSSR count). The lowest BCUT2D eigenvalue weighted by molar-refractivity contribution is 0.102. The molecule has 0 aliphatic carbocycles. The number of carbonyl (C=O) groups is 1. The van der Waals surface area contributed by atoms with Gasteiger partial charge in [-0.05, 0) is 59.0 Å². The van der Waals surface area contributed by atoms with E-state index in [1.54, 1.807) is 12.3 Å². The zero-order valence-electron chi connectivity index (χ0n) is 11.8. The highest BCUT2D eigenvalue weighted by molar-refractivity contribution is 14.1. The number of aromatic nitrogens is 1. The summed E-state index contributed by atoms with van der Waals surface area (Å²) in [6.07, 6.45) is 1.68. The molecule has 2 aromatic rings. The van der Waals surface area contributed by atoms with Crippen LogP contribution in [-0.4, -0.2) is 10.9 Å². The standard InChI is InChI=1S/C16H17IN2O/c1-16(2,3)14-10-11(8-9-18-14)15(20)19-13-6-4-12(17)5-7-13/h4-10H,1-3H3,(H,19,20). The lowest BCUT2D eigenvalue weighted by Crippen LogP contribution is -2.17. The Morgan fingerprint density at radius 2 is 1.80 bits per heavy atom. The van der Waals surface area contributed by atoms with Crippen molar-refractivity contribution in [3.63, 3.8) is 0 Å². The third kappa shape index (κ3) is 3.79. The van der Waals surface area contributed by atoms with Gasteiger partial charge in [0.15, 0.2) is 0 Å². The molecule has 0 saturated carbocycles. The first-order valence-electron chi connectivity index (χ1n) is 6.40. The van der Waals surface area contributed by atoms with Crippen molar-refractivity contribution in [2.24, 2.45) is 0 Å². The Labute approximate surface area is 133 Å². The van der Waals surface area contributed by atoms with E-state index in [-0.39, 0.29) is 11.3 Å². The average Bonchev–Trinajstić information content (AvgIpc) is 2.40. The topological polar surface area (TPSA) is 42.0 Å². The second-order valence-corrected chi connectivity index (χ2v) is 6.89. The molecule has 0 aliphatic heterocycles. The van der Waals surface area contributed by atoms with Crippen LogP contribution >= 0.6 is 22.6 Å². The van der Waals surface area contributed by atoms with Gasteiger partial charge < -0.3 is 5.32 Å². The number of halogens is 1. The second kappa shape index (κ2) is 5.91. The van der Waals surface area contributed by atoms with Gasteiger partial charge in [0.05, 0.1) is 0 Å². The Morgan fingerprint density at radius 1 is 1.15 bits per heavy atom. The number of rotatable bonds is 2. The molecular formula is C16H17IN2O. The molecule has 1 amide bonds. The molecule has 1 aromatic carbocycles. The van der Waals surface area contributed by atoms with E-state index in [1.165, 1.54) is 0 Å². The largest absolute Gasteiger partial charge is 0.322 e. The highest BCUT2D eigenvalue weighted by Gasteiger charge is 2.17. The van der Waals surface area contributed by atoms with E-state index >= 15 is 0 Å². The summed E-state index contributed by atoms with van der Waals surface area (Å²) < 4.78 is 1.14. The monoisotopic (exact) mass is 380 g/mol. The maximum Gasteiger partial charge on any atom is 0.255 e. The summed E-state index contributed by atoms with van der Waals surface area (Å²) in [4.78, 5) is 16.6. The van der Waals surface area contributed by atoms with Crippen molar-refractivity contribution in [1.29, 1.82) is 0 Å². The molecule has 0 atom stereocenters. The summed E-state index contributed by atoms with van der Waals surface area (Å²) in [6.45, 7) is 6.24. The van der Waals surface area contributed by atoms with Gasteiger partial charge in [-0.1, -0.05) is 20.8 Å². The van der Waals surface area contributed by atoms with E-state index in [4.69, 9.17) is 0 Å². The van der Waals surface area contributed by atoms with Crippen LogP contribution in [-0.2, 0) is 5.41 Å². The van der Waals surface area contributed by atoms with E-state index in [9.17, 15) is 4.79 Å². The molecule has 1 heterocycles. The second-order valence-electron chi connectivity index (χ2n) is 5.64. The van der Waals surface area contributed by atoms with Crippen LogP contribution in [0.3, 0.4) is 0 Å². The molecule has 0 spiro atoms. The zero-order chi connectivity index (χ0) is 14.8. The molecule has 20 heavy (non-hydrogen) atoms. The van der Waals surface area contributed by atoms with Crippen molar-refractivity contribution in [2.45, 2.75) is 26.2 Å². The number of nitrogens with one attached hydrogen (secondary N) is 1. The first-order chi connectivity index (χ1) is 9.36. The number of amides is 1. The molecule has 1 N–H and O–H groups in total.